The number of piperidine rings is 1. The Hall–Kier alpha value is -2.34. The number of carbonyl (C=O) groups is 2. The molecule has 0 saturated carbocycles. The van der Waals surface area contributed by atoms with Crippen molar-refractivity contribution >= 4 is 28.8 Å². The highest BCUT2D eigenvalue weighted by Crippen LogP contribution is 2.27. The highest BCUT2D eigenvalue weighted by Gasteiger charge is 2.28. The first kappa shape index (κ1) is 19.4. The number of nitrogens with zero attached hydrogens (tertiary/aromatic N) is 1. The van der Waals surface area contributed by atoms with Crippen LogP contribution >= 0.6 is 11.3 Å². The largest absolute Gasteiger partial charge is 0.489 e. The van der Waals surface area contributed by atoms with Crippen LogP contribution in [0.25, 0.3) is 0 Å². The minimum Gasteiger partial charge on any atom is -0.489 e. The first-order valence-corrected chi connectivity index (χ1v) is 10.3. The second-order valence-electron chi connectivity index (χ2n) is 7.06. The third kappa shape index (κ3) is 5.32. The van der Waals surface area contributed by atoms with Crippen LogP contribution in [-0.2, 0) is 16.0 Å². The zero-order chi connectivity index (χ0) is 19.2. The lowest BCUT2D eigenvalue weighted by Crippen LogP contribution is -2.42. The number of hydrogen-bond donors (Lipinski definition) is 1. The summed E-state index contributed by atoms with van der Waals surface area (Å²) in [7, 11) is 0. The Labute approximate surface area is 164 Å². The molecule has 1 aromatic heterocycles. The number of likely N-dealkylation sites (tertiary alicyclic amines) is 1. The van der Waals surface area contributed by atoms with E-state index >= 15 is 0 Å². The Morgan fingerprint density at radius 3 is 2.59 bits per heavy atom. The number of hydrogen-bond acceptors (Lipinski definition) is 4. The number of thiophene rings is 1. The number of nitrogens with one attached hydrogen (secondary N) is 1. The summed E-state index contributed by atoms with van der Waals surface area (Å²) < 4.78 is 5.77. The normalized spacial score (nSPS) is 15.0. The smallest absolute Gasteiger partial charge is 0.227 e. The highest BCUT2D eigenvalue weighted by molar-refractivity contribution is 7.10. The van der Waals surface area contributed by atoms with Gasteiger partial charge in [-0.25, -0.2) is 0 Å². The quantitative estimate of drug-likeness (QED) is 0.818. The molecule has 1 N–H and O–H groups in total. The lowest BCUT2D eigenvalue weighted by Gasteiger charge is -2.31. The molecule has 0 spiro atoms. The maximum Gasteiger partial charge on any atom is 0.227 e. The van der Waals surface area contributed by atoms with Gasteiger partial charge >= 0.3 is 0 Å². The number of amides is 2. The number of anilines is 1. The summed E-state index contributed by atoms with van der Waals surface area (Å²) in [4.78, 5) is 28.0. The van der Waals surface area contributed by atoms with Crippen LogP contribution < -0.4 is 10.1 Å². The molecule has 1 aliphatic rings. The van der Waals surface area contributed by atoms with Crippen LogP contribution in [0.2, 0.25) is 0 Å². The summed E-state index contributed by atoms with van der Waals surface area (Å²) in [5, 5.41) is 4.99. The van der Waals surface area contributed by atoms with E-state index in [2.05, 4.69) is 5.32 Å². The SMILES string of the molecule is CC(C)Oc1ccccc1NC(=O)C1CCN(C(=O)Cc2cccs2)CC1. The Morgan fingerprint density at radius 1 is 1.19 bits per heavy atom. The van der Waals surface area contributed by atoms with Gasteiger partial charge in [0.2, 0.25) is 11.8 Å². The van der Waals surface area contributed by atoms with Crippen molar-refractivity contribution in [2.75, 3.05) is 18.4 Å². The van der Waals surface area contributed by atoms with E-state index in [4.69, 9.17) is 4.74 Å². The number of rotatable bonds is 6. The number of benzene rings is 1. The van der Waals surface area contributed by atoms with Gasteiger partial charge in [0.15, 0.2) is 0 Å². The van der Waals surface area contributed by atoms with E-state index in [1.54, 1.807) is 11.3 Å². The molecule has 0 aliphatic carbocycles. The molecule has 0 radical (unpaired) electrons. The number of ether oxygens (including phenoxy) is 1. The van der Waals surface area contributed by atoms with Gasteiger partial charge in [0.25, 0.3) is 0 Å². The van der Waals surface area contributed by atoms with E-state index < -0.39 is 0 Å². The summed E-state index contributed by atoms with van der Waals surface area (Å²) in [6.07, 6.45) is 1.87. The van der Waals surface area contributed by atoms with Gasteiger partial charge in [-0.15, -0.1) is 11.3 Å². The molecule has 0 atom stereocenters. The van der Waals surface area contributed by atoms with Gasteiger partial charge in [-0.3, -0.25) is 9.59 Å². The van der Waals surface area contributed by atoms with Crippen molar-refractivity contribution < 1.29 is 14.3 Å². The van der Waals surface area contributed by atoms with E-state index in [9.17, 15) is 9.59 Å². The van der Waals surface area contributed by atoms with Gasteiger partial charge < -0.3 is 15.0 Å². The summed E-state index contributed by atoms with van der Waals surface area (Å²) in [5.74, 6) is 0.749. The van der Waals surface area contributed by atoms with Crippen molar-refractivity contribution in [3.63, 3.8) is 0 Å². The molecule has 2 aromatic rings. The fourth-order valence-corrected chi connectivity index (χ4v) is 3.92. The van der Waals surface area contributed by atoms with Gasteiger partial charge in [-0.2, -0.15) is 0 Å². The lowest BCUT2D eigenvalue weighted by molar-refractivity contribution is -0.133. The van der Waals surface area contributed by atoms with Gasteiger partial charge in [-0.05, 0) is 50.3 Å². The fourth-order valence-electron chi connectivity index (χ4n) is 3.23. The Morgan fingerprint density at radius 2 is 1.93 bits per heavy atom. The Balaban J connectivity index is 1.52. The van der Waals surface area contributed by atoms with Gasteiger partial charge in [0, 0.05) is 23.9 Å². The Kier molecular flexibility index (Phi) is 6.50. The van der Waals surface area contributed by atoms with Crippen molar-refractivity contribution in [1.29, 1.82) is 0 Å². The van der Waals surface area contributed by atoms with Crippen molar-refractivity contribution in [2.45, 2.75) is 39.2 Å². The predicted octanol–water partition coefficient (Wildman–Crippen LogP) is 3.96. The standard InChI is InChI=1S/C21H26N2O3S/c1-15(2)26-19-8-4-3-7-18(19)22-21(25)16-9-11-23(12-10-16)20(24)14-17-6-5-13-27-17/h3-8,13,15-16H,9-12,14H2,1-2H3,(H,22,25). The molecular formula is C21H26N2O3S. The van der Waals surface area contributed by atoms with Crippen LogP contribution in [0.4, 0.5) is 5.69 Å². The maximum atomic E-state index is 12.7. The first-order valence-electron chi connectivity index (χ1n) is 9.39. The molecular weight excluding hydrogens is 360 g/mol. The third-order valence-corrected chi connectivity index (χ3v) is 5.51. The molecule has 1 fully saturated rings. The van der Waals surface area contributed by atoms with Gasteiger partial charge in [-0.1, -0.05) is 18.2 Å². The van der Waals surface area contributed by atoms with Gasteiger partial charge in [0.05, 0.1) is 18.2 Å². The van der Waals surface area contributed by atoms with Crippen LogP contribution in [-0.4, -0.2) is 35.9 Å². The monoisotopic (exact) mass is 386 g/mol. The number of para-hydroxylation sites is 2. The van der Waals surface area contributed by atoms with Gasteiger partial charge in [0.1, 0.15) is 5.75 Å². The third-order valence-electron chi connectivity index (χ3n) is 4.63. The van der Waals surface area contributed by atoms with E-state index in [0.29, 0.717) is 43.8 Å². The topological polar surface area (TPSA) is 58.6 Å². The average molecular weight is 387 g/mol. The summed E-state index contributed by atoms with van der Waals surface area (Å²) >= 11 is 1.60. The van der Waals surface area contributed by atoms with Crippen LogP contribution in [0.1, 0.15) is 31.6 Å². The summed E-state index contributed by atoms with van der Waals surface area (Å²) in [6.45, 7) is 5.18. The molecule has 3 rings (SSSR count). The molecule has 2 amide bonds. The van der Waals surface area contributed by atoms with Crippen LogP contribution in [0.3, 0.4) is 0 Å². The molecule has 27 heavy (non-hydrogen) atoms. The highest BCUT2D eigenvalue weighted by atomic mass is 32.1. The fraction of sp³-hybridized carbons (Fsp3) is 0.429. The summed E-state index contributed by atoms with van der Waals surface area (Å²) in [5.41, 5.74) is 0.701. The molecule has 1 aromatic carbocycles. The molecule has 2 heterocycles. The first-order chi connectivity index (χ1) is 13.0. The minimum absolute atomic E-state index is 0.000150. The minimum atomic E-state index is -0.0807. The van der Waals surface area contributed by atoms with Crippen molar-refractivity contribution in [3.05, 3.63) is 46.7 Å². The molecule has 0 bridgehead atoms. The molecule has 0 unspecified atom stereocenters. The predicted molar refractivity (Wildman–Crippen MR) is 108 cm³/mol. The zero-order valence-corrected chi connectivity index (χ0v) is 16.6. The van der Waals surface area contributed by atoms with Crippen LogP contribution in [0.15, 0.2) is 41.8 Å². The zero-order valence-electron chi connectivity index (χ0n) is 15.8. The van der Waals surface area contributed by atoms with E-state index in [-0.39, 0.29) is 23.8 Å². The molecule has 1 aliphatic heterocycles. The maximum absolute atomic E-state index is 12.7. The van der Waals surface area contributed by atoms with Crippen molar-refractivity contribution in [1.82, 2.24) is 4.90 Å². The van der Waals surface area contributed by atoms with E-state index in [1.807, 2.05) is 60.5 Å². The molecule has 5 nitrogen and oxygen atoms in total. The van der Waals surface area contributed by atoms with Crippen LogP contribution in [0, 0.1) is 5.92 Å². The van der Waals surface area contributed by atoms with E-state index in [1.165, 1.54) is 0 Å². The van der Waals surface area contributed by atoms with Crippen molar-refractivity contribution in [2.24, 2.45) is 5.92 Å². The lowest BCUT2D eigenvalue weighted by atomic mass is 9.95. The van der Waals surface area contributed by atoms with Crippen LogP contribution in [0.5, 0.6) is 5.75 Å². The molecule has 144 valence electrons. The Bertz CT molecular complexity index is 765. The molecule has 6 heteroatoms. The summed E-state index contributed by atoms with van der Waals surface area (Å²) in [6, 6.07) is 11.4. The van der Waals surface area contributed by atoms with E-state index in [0.717, 1.165) is 4.88 Å². The second kappa shape index (κ2) is 9.04. The molecule has 1 saturated heterocycles. The number of carbonyl (C=O) groups excluding carboxylic acids is 2. The second-order valence-corrected chi connectivity index (χ2v) is 8.10. The average Bonchev–Trinajstić information content (AvgIpc) is 3.16. The van der Waals surface area contributed by atoms with Crippen molar-refractivity contribution in [3.8, 4) is 5.75 Å².